The van der Waals surface area contributed by atoms with Crippen molar-refractivity contribution in [2.24, 2.45) is 5.73 Å². The summed E-state index contributed by atoms with van der Waals surface area (Å²) in [4.78, 5) is 0.329. The molecule has 0 atom stereocenters. The van der Waals surface area contributed by atoms with E-state index in [0.717, 1.165) is 16.7 Å². The molecule has 0 amide bonds. The molecule has 0 aromatic heterocycles. The Balaban J connectivity index is 3.04. The van der Waals surface area contributed by atoms with Crippen LogP contribution in [-0.2, 0) is 21.3 Å². The summed E-state index contributed by atoms with van der Waals surface area (Å²) in [7, 11) is -1.95. The zero-order valence-electron chi connectivity index (χ0n) is 13.5. The van der Waals surface area contributed by atoms with Gasteiger partial charge in [-0.05, 0) is 50.5 Å². The van der Waals surface area contributed by atoms with Crippen molar-refractivity contribution in [1.29, 1.82) is 0 Å². The second-order valence-corrected chi connectivity index (χ2v) is 7.50. The Labute approximate surface area is 128 Å². The summed E-state index contributed by atoms with van der Waals surface area (Å²) in [6, 6.07) is 3.59. The number of nitrogens with two attached hydrogens (primary N) is 1. The van der Waals surface area contributed by atoms with Crippen molar-refractivity contribution in [2.45, 2.75) is 45.2 Å². The lowest BCUT2D eigenvalue weighted by Crippen LogP contribution is -2.31. The van der Waals surface area contributed by atoms with Crippen LogP contribution in [0.3, 0.4) is 0 Å². The predicted molar refractivity (Wildman–Crippen MR) is 84.7 cm³/mol. The Hall–Kier alpha value is -0.950. The lowest BCUT2D eigenvalue weighted by Gasteiger charge is -2.20. The zero-order valence-corrected chi connectivity index (χ0v) is 14.3. The molecule has 0 saturated carbocycles. The van der Waals surface area contributed by atoms with Crippen molar-refractivity contribution >= 4 is 10.0 Å². The fraction of sp³-hybridized carbons (Fsp3) is 0.600. The maximum absolute atomic E-state index is 12.7. The minimum Gasteiger partial charge on any atom is -0.377 e. The van der Waals surface area contributed by atoms with Gasteiger partial charge < -0.3 is 10.5 Å². The molecule has 0 aliphatic heterocycles. The van der Waals surface area contributed by atoms with Crippen LogP contribution in [0.1, 0.15) is 30.5 Å². The smallest absolute Gasteiger partial charge is 0.243 e. The number of aryl methyl sites for hydroxylation is 1. The Morgan fingerprint density at radius 1 is 1.29 bits per heavy atom. The highest BCUT2D eigenvalue weighted by Gasteiger charge is 2.23. The average Bonchev–Trinajstić information content (AvgIpc) is 2.40. The van der Waals surface area contributed by atoms with Gasteiger partial charge in [-0.2, -0.15) is 4.31 Å². The van der Waals surface area contributed by atoms with Crippen LogP contribution in [0.25, 0.3) is 0 Å². The Kier molecular flexibility index (Phi) is 6.34. The van der Waals surface area contributed by atoms with Gasteiger partial charge in [0.2, 0.25) is 10.0 Å². The van der Waals surface area contributed by atoms with Gasteiger partial charge in [0.25, 0.3) is 0 Å². The van der Waals surface area contributed by atoms with Crippen LogP contribution in [0, 0.1) is 13.8 Å². The molecule has 0 bridgehead atoms. The number of hydrogen-bond acceptors (Lipinski definition) is 4. The number of rotatable bonds is 7. The van der Waals surface area contributed by atoms with E-state index in [9.17, 15) is 8.42 Å². The predicted octanol–water partition coefficient (Wildman–Crippen LogP) is 1.81. The van der Waals surface area contributed by atoms with Gasteiger partial charge >= 0.3 is 0 Å². The highest BCUT2D eigenvalue weighted by molar-refractivity contribution is 7.89. The van der Waals surface area contributed by atoms with Gasteiger partial charge in [-0.1, -0.05) is 6.07 Å². The molecule has 2 N–H and O–H groups in total. The Bertz CT molecular complexity index is 583. The molecule has 21 heavy (non-hydrogen) atoms. The van der Waals surface area contributed by atoms with Crippen LogP contribution in [0.4, 0.5) is 0 Å². The third kappa shape index (κ3) is 4.51. The number of sulfonamides is 1. The first-order valence-corrected chi connectivity index (χ1v) is 8.52. The van der Waals surface area contributed by atoms with Crippen molar-refractivity contribution in [3.63, 3.8) is 0 Å². The van der Waals surface area contributed by atoms with Crippen molar-refractivity contribution in [1.82, 2.24) is 4.31 Å². The minimum atomic E-state index is -3.52. The molecule has 0 radical (unpaired) electrons. The van der Waals surface area contributed by atoms with Gasteiger partial charge in [-0.15, -0.1) is 0 Å². The van der Waals surface area contributed by atoms with E-state index in [2.05, 4.69) is 0 Å². The summed E-state index contributed by atoms with van der Waals surface area (Å²) in [5.74, 6) is 0. The molecule has 0 fully saturated rings. The second kappa shape index (κ2) is 7.35. The normalized spacial score (nSPS) is 12.4. The van der Waals surface area contributed by atoms with Crippen molar-refractivity contribution in [3.05, 3.63) is 28.8 Å². The topological polar surface area (TPSA) is 72.6 Å². The minimum absolute atomic E-state index is 0.0886. The van der Waals surface area contributed by atoms with Gasteiger partial charge in [-0.3, -0.25) is 0 Å². The van der Waals surface area contributed by atoms with Crippen LogP contribution in [-0.4, -0.2) is 39.0 Å². The maximum Gasteiger partial charge on any atom is 0.243 e. The van der Waals surface area contributed by atoms with Crippen LogP contribution < -0.4 is 5.73 Å². The largest absolute Gasteiger partial charge is 0.377 e. The van der Waals surface area contributed by atoms with Crippen LogP contribution in [0.15, 0.2) is 17.0 Å². The van der Waals surface area contributed by atoms with Crippen molar-refractivity contribution in [3.8, 4) is 0 Å². The first-order valence-electron chi connectivity index (χ1n) is 7.08. The lowest BCUT2D eigenvalue weighted by molar-refractivity contribution is 0.0737. The van der Waals surface area contributed by atoms with E-state index in [-0.39, 0.29) is 6.10 Å². The molecule has 1 rings (SSSR count). The van der Waals surface area contributed by atoms with Gasteiger partial charge in [0.1, 0.15) is 0 Å². The van der Waals surface area contributed by atoms with E-state index in [1.54, 1.807) is 13.1 Å². The maximum atomic E-state index is 12.7. The Morgan fingerprint density at radius 3 is 2.43 bits per heavy atom. The molecular formula is C15H26N2O3S. The summed E-state index contributed by atoms with van der Waals surface area (Å²) in [5, 5.41) is 0. The highest BCUT2D eigenvalue weighted by Crippen LogP contribution is 2.23. The summed E-state index contributed by atoms with van der Waals surface area (Å²) < 4.78 is 32.1. The van der Waals surface area contributed by atoms with Crippen molar-refractivity contribution < 1.29 is 13.2 Å². The van der Waals surface area contributed by atoms with Gasteiger partial charge in [0, 0.05) is 20.1 Å². The molecule has 120 valence electrons. The van der Waals surface area contributed by atoms with Gasteiger partial charge in [0.05, 0.1) is 17.6 Å². The first kappa shape index (κ1) is 18.1. The number of hydrogen-bond donors (Lipinski definition) is 1. The number of likely N-dealkylation sites (N-methyl/N-ethyl adjacent to an activating group) is 1. The lowest BCUT2D eigenvalue weighted by atomic mass is 10.1. The molecule has 0 unspecified atom stereocenters. The number of benzene rings is 1. The summed E-state index contributed by atoms with van der Waals surface area (Å²) >= 11 is 0. The molecule has 0 saturated heterocycles. The van der Waals surface area contributed by atoms with Crippen LogP contribution in [0.2, 0.25) is 0 Å². The fourth-order valence-corrected chi connectivity index (χ4v) is 3.49. The van der Waals surface area contributed by atoms with E-state index in [1.807, 2.05) is 33.8 Å². The number of ether oxygens (including phenoxy) is 1. The third-order valence-corrected chi connectivity index (χ3v) is 5.44. The molecule has 1 aromatic rings. The van der Waals surface area contributed by atoms with Crippen LogP contribution >= 0.6 is 0 Å². The molecule has 0 aliphatic rings. The van der Waals surface area contributed by atoms with E-state index in [0.29, 0.717) is 24.6 Å². The zero-order chi connectivity index (χ0) is 16.2. The molecular weight excluding hydrogens is 288 g/mol. The van der Waals surface area contributed by atoms with Crippen LogP contribution in [0.5, 0.6) is 0 Å². The standard InChI is InChI=1S/C15H26N2O3S/c1-11(2)20-7-6-17(5)21(18,19)15-9-14(10-16)8-12(3)13(15)4/h8-9,11H,6-7,10,16H2,1-5H3. The Morgan fingerprint density at radius 2 is 1.90 bits per heavy atom. The molecule has 0 heterocycles. The molecule has 0 spiro atoms. The average molecular weight is 314 g/mol. The van der Waals surface area contributed by atoms with Gasteiger partial charge in [-0.25, -0.2) is 8.42 Å². The number of nitrogens with zero attached hydrogens (tertiary/aromatic N) is 1. The van der Waals surface area contributed by atoms with E-state index < -0.39 is 10.0 Å². The molecule has 5 nitrogen and oxygen atoms in total. The van der Waals surface area contributed by atoms with E-state index in [1.165, 1.54) is 4.31 Å². The quantitative estimate of drug-likeness (QED) is 0.833. The van der Waals surface area contributed by atoms with E-state index in [4.69, 9.17) is 10.5 Å². The summed E-state index contributed by atoms with van der Waals surface area (Å²) in [6.07, 6.45) is 0.0886. The monoisotopic (exact) mass is 314 g/mol. The van der Waals surface area contributed by atoms with Crippen molar-refractivity contribution in [2.75, 3.05) is 20.2 Å². The SMILES string of the molecule is Cc1cc(CN)cc(S(=O)(=O)N(C)CCOC(C)C)c1C. The summed E-state index contributed by atoms with van der Waals surface area (Å²) in [6.45, 7) is 8.59. The highest BCUT2D eigenvalue weighted by atomic mass is 32.2. The summed E-state index contributed by atoms with van der Waals surface area (Å²) in [5.41, 5.74) is 8.17. The molecule has 1 aromatic carbocycles. The molecule has 0 aliphatic carbocycles. The van der Waals surface area contributed by atoms with E-state index >= 15 is 0 Å². The first-order chi connectivity index (χ1) is 9.70. The third-order valence-electron chi connectivity index (χ3n) is 3.46. The van der Waals surface area contributed by atoms with Gasteiger partial charge in [0.15, 0.2) is 0 Å². The fourth-order valence-electron chi connectivity index (χ4n) is 1.99. The molecule has 6 heteroatoms. The second-order valence-electron chi connectivity index (χ2n) is 5.49.